The number of halogens is 3. The van der Waals surface area contributed by atoms with Crippen LogP contribution in [0.2, 0.25) is 0 Å². The zero-order valence-electron chi connectivity index (χ0n) is 10.7. The van der Waals surface area contributed by atoms with Gasteiger partial charge in [-0.1, -0.05) is 12.1 Å². The van der Waals surface area contributed by atoms with Gasteiger partial charge in [0.15, 0.2) is 0 Å². The third-order valence-electron chi connectivity index (χ3n) is 2.99. The molecule has 2 aromatic carbocycles. The van der Waals surface area contributed by atoms with Crippen LogP contribution in [0.4, 0.5) is 13.2 Å². The van der Waals surface area contributed by atoms with Gasteiger partial charge >= 0.3 is 0 Å². The lowest BCUT2D eigenvalue weighted by atomic mass is 9.99. The maximum Gasteiger partial charge on any atom is 0.136 e. The molecule has 0 bridgehead atoms. The lowest BCUT2D eigenvalue weighted by Gasteiger charge is -2.10. The second-order valence-corrected chi connectivity index (χ2v) is 4.39. The highest BCUT2D eigenvalue weighted by Crippen LogP contribution is 2.29. The largest absolute Gasteiger partial charge is 0.316 e. The van der Waals surface area contributed by atoms with Crippen LogP contribution in [0.5, 0.6) is 0 Å². The normalized spacial score (nSPS) is 10.8. The summed E-state index contributed by atoms with van der Waals surface area (Å²) >= 11 is 0. The molecule has 1 N–H and O–H groups in total. The van der Waals surface area contributed by atoms with E-state index in [1.807, 2.05) is 0 Å². The number of rotatable bonds is 3. The molecule has 0 saturated carbocycles. The van der Waals surface area contributed by atoms with Crippen molar-refractivity contribution in [2.45, 2.75) is 13.5 Å². The van der Waals surface area contributed by atoms with Crippen molar-refractivity contribution in [2.75, 3.05) is 7.05 Å². The summed E-state index contributed by atoms with van der Waals surface area (Å²) in [6.45, 7) is 1.87. The summed E-state index contributed by atoms with van der Waals surface area (Å²) in [7, 11) is 1.68. The highest BCUT2D eigenvalue weighted by Gasteiger charge is 2.15. The zero-order chi connectivity index (χ0) is 14.0. The summed E-state index contributed by atoms with van der Waals surface area (Å²) in [4.78, 5) is 0. The molecule has 0 amide bonds. The van der Waals surface area contributed by atoms with Crippen molar-refractivity contribution in [3.8, 4) is 11.1 Å². The summed E-state index contributed by atoms with van der Waals surface area (Å²) in [6, 6.07) is 6.67. The smallest absolute Gasteiger partial charge is 0.136 e. The van der Waals surface area contributed by atoms with Crippen LogP contribution in [0.15, 0.2) is 30.3 Å². The summed E-state index contributed by atoms with van der Waals surface area (Å²) in [6.07, 6.45) is 0. The second kappa shape index (κ2) is 5.45. The van der Waals surface area contributed by atoms with Crippen molar-refractivity contribution >= 4 is 0 Å². The molecular formula is C15H14F3N. The van der Waals surface area contributed by atoms with Crippen LogP contribution in [0.3, 0.4) is 0 Å². The molecule has 1 nitrogen and oxygen atoms in total. The quantitative estimate of drug-likeness (QED) is 0.890. The van der Waals surface area contributed by atoms with E-state index < -0.39 is 17.5 Å². The molecule has 0 spiro atoms. The zero-order valence-corrected chi connectivity index (χ0v) is 10.7. The molecular weight excluding hydrogens is 251 g/mol. The van der Waals surface area contributed by atoms with E-state index in [1.54, 1.807) is 14.0 Å². The number of benzene rings is 2. The van der Waals surface area contributed by atoms with Gasteiger partial charge < -0.3 is 5.32 Å². The summed E-state index contributed by atoms with van der Waals surface area (Å²) in [5.41, 5.74) is 0.957. The minimum absolute atomic E-state index is 0.114. The van der Waals surface area contributed by atoms with Crippen LogP contribution in [0.1, 0.15) is 11.1 Å². The first-order valence-corrected chi connectivity index (χ1v) is 5.92. The Labute approximate surface area is 110 Å². The molecule has 0 aliphatic heterocycles. The van der Waals surface area contributed by atoms with Crippen molar-refractivity contribution in [1.29, 1.82) is 0 Å². The fourth-order valence-electron chi connectivity index (χ4n) is 1.98. The minimum atomic E-state index is -0.648. The molecule has 0 radical (unpaired) electrons. The van der Waals surface area contributed by atoms with Crippen LogP contribution >= 0.6 is 0 Å². The topological polar surface area (TPSA) is 12.0 Å². The Morgan fingerprint density at radius 1 is 1.00 bits per heavy atom. The third kappa shape index (κ3) is 2.63. The van der Waals surface area contributed by atoms with Gasteiger partial charge in [0.25, 0.3) is 0 Å². The molecule has 0 saturated heterocycles. The van der Waals surface area contributed by atoms with E-state index in [0.717, 1.165) is 0 Å². The van der Waals surface area contributed by atoms with Crippen LogP contribution in [-0.4, -0.2) is 7.05 Å². The van der Waals surface area contributed by atoms with Crippen LogP contribution in [0.25, 0.3) is 11.1 Å². The lowest BCUT2D eigenvalue weighted by Crippen LogP contribution is -2.07. The Bertz CT molecular complexity index is 609. The molecule has 0 aromatic heterocycles. The van der Waals surface area contributed by atoms with Crippen LogP contribution in [-0.2, 0) is 6.54 Å². The Morgan fingerprint density at radius 2 is 1.68 bits per heavy atom. The van der Waals surface area contributed by atoms with Crippen LogP contribution < -0.4 is 5.32 Å². The van der Waals surface area contributed by atoms with Gasteiger partial charge in [-0.25, -0.2) is 13.2 Å². The Kier molecular flexibility index (Phi) is 3.90. The van der Waals surface area contributed by atoms with Gasteiger partial charge in [-0.3, -0.25) is 0 Å². The van der Waals surface area contributed by atoms with Crippen molar-refractivity contribution in [1.82, 2.24) is 5.32 Å². The van der Waals surface area contributed by atoms with E-state index in [1.165, 1.54) is 30.3 Å². The summed E-state index contributed by atoms with van der Waals surface area (Å²) in [5, 5.41) is 2.82. The van der Waals surface area contributed by atoms with E-state index >= 15 is 0 Å². The minimum Gasteiger partial charge on any atom is -0.316 e. The maximum atomic E-state index is 14.0. The summed E-state index contributed by atoms with van der Waals surface area (Å²) < 4.78 is 41.3. The average molecular weight is 265 g/mol. The Balaban J connectivity index is 2.59. The van der Waals surface area contributed by atoms with E-state index in [-0.39, 0.29) is 5.56 Å². The SMILES string of the molecule is CNCc1cc(-c2c(F)ccc(C)c2F)ccc1F. The number of hydrogen-bond acceptors (Lipinski definition) is 1. The molecule has 0 aliphatic carbocycles. The first-order chi connectivity index (χ1) is 9.04. The highest BCUT2D eigenvalue weighted by atomic mass is 19.1. The van der Waals surface area contributed by atoms with Crippen molar-refractivity contribution in [2.24, 2.45) is 0 Å². The number of aryl methyl sites for hydroxylation is 1. The fraction of sp³-hybridized carbons (Fsp3) is 0.200. The first kappa shape index (κ1) is 13.6. The van der Waals surface area contributed by atoms with Gasteiger partial charge in [-0.15, -0.1) is 0 Å². The molecule has 4 heteroatoms. The van der Waals surface area contributed by atoms with Gasteiger partial charge in [-0.2, -0.15) is 0 Å². The van der Waals surface area contributed by atoms with Gasteiger partial charge in [-0.05, 0) is 43.3 Å². The van der Waals surface area contributed by atoms with Crippen molar-refractivity contribution in [3.63, 3.8) is 0 Å². The Morgan fingerprint density at radius 3 is 2.37 bits per heavy atom. The van der Waals surface area contributed by atoms with E-state index in [9.17, 15) is 13.2 Å². The molecule has 0 fully saturated rings. The Hall–Kier alpha value is -1.81. The van der Waals surface area contributed by atoms with E-state index in [4.69, 9.17) is 0 Å². The molecule has 2 rings (SSSR count). The predicted molar refractivity (Wildman–Crippen MR) is 69.3 cm³/mol. The lowest BCUT2D eigenvalue weighted by molar-refractivity contribution is 0.582. The molecule has 19 heavy (non-hydrogen) atoms. The van der Waals surface area contributed by atoms with Gasteiger partial charge in [0, 0.05) is 12.1 Å². The standard InChI is InChI=1S/C15H14F3N/c1-9-3-5-13(17)14(15(9)18)10-4-6-12(16)11(7-10)8-19-2/h3-7,19H,8H2,1-2H3. The van der Waals surface area contributed by atoms with Gasteiger partial charge in [0.2, 0.25) is 0 Å². The van der Waals surface area contributed by atoms with Crippen molar-refractivity contribution in [3.05, 3.63) is 58.9 Å². The fourth-order valence-corrected chi connectivity index (χ4v) is 1.98. The van der Waals surface area contributed by atoms with Crippen molar-refractivity contribution < 1.29 is 13.2 Å². The predicted octanol–water partition coefficient (Wildman–Crippen LogP) is 3.80. The molecule has 0 atom stereocenters. The van der Waals surface area contributed by atoms with Gasteiger partial charge in [0.05, 0.1) is 5.56 Å². The molecule has 0 heterocycles. The number of hydrogen-bond donors (Lipinski definition) is 1. The molecule has 0 aliphatic rings. The summed E-state index contributed by atoms with van der Waals surface area (Å²) in [5.74, 6) is -1.65. The van der Waals surface area contributed by atoms with Crippen LogP contribution in [0, 0.1) is 24.4 Å². The molecule has 100 valence electrons. The monoisotopic (exact) mass is 265 g/mol. The second-order valence-electron chi connectivity index (χ2n) is 4.39. The van der Waals surface area contributed by atoms with E-state index in [0.29, 0.717) is 23.2 Å². The van der Waals surface area contributed by atoms with E-state index in [2.05, 4.69) is 5.32 Å². The highest BCUT2D eigenvalue weighted by molar-refractivity contribution is 5.66. The first-order valence-electron chi connectivity index (χ1n) is 5.92. The molecule has 0 unspecified atom stereocenters. The average Bonchev–Trinajstić information content (AvgIpc) is 2.38. The third-order valence-corrected chi connectivity index (χ3v) is 2.99. The molecule has 2 aromatic rings. The number of nitrogens with one attached hydrogen (secondary N) is 1. The van der Waals surface area contributed by atoms with Gasteiger partial charge in [0.1, 0.15) is 17.5 Å². The maximum absolute atomic E-state index is 14.0.